The molecule has 0 aliphatic carbocycles. The van der Waals surface area contributed by atoms with Gasteiger partial charge in [-0.25, -0.2) is 18.1 Å². The Morgan fingerprint density at radius 1 is 1.10 bits per heavy atom. The van der Waals surface area contributed by atoms with Gasteiger partial charge in [0.1, 0.15) is 6.04 Å². The molecule has 3 rings (SSSR count). The van der Waals surface area contributed by atoms with Gasteiger partial charge in [0.05, 0.1) is 18.4 Å². The molecular formula is C19H26N4O5S. The second kappa shape index (κ2) is 8.11. The summed E-state index contributed by atoms with van der Waals surface area (Å²) < 4.78 is 24.5. The van der Waals surface area contributed by atoms with Gasteiger partial charge < -0.3 is 10.2 Å². The van der Waals surface area contributed by atoms with Gasteiger partial charge in [-0.2, -0.15) is 4.31 Å². The van der Waals surface area contributed by atoms with Gasteiger partial charge in [0.25, 0.3) is 5.91 Å². The fraction of sp³-hybridized carbons (Fsp3) is 0.526. The maximum Gasteiger partial charge on any atom is 0.329 e. The maximum atomic E-state index is 12.7. The zero-order chi connectivity index (χ0) is 21.3. The van der Waals surface area contributed by atoms with Crippen molar-refractivity contribution in [3.05, 3.63) is 29.8 Å². The molecule has 2 heterocycles. The number of hydrogen-bond donors (Lipinski definition) is 1. The van der Waals surface area contributed by atoms with E-state index in [2.05, 4.69) is 19.2 Å². The molecule has 2 aliphatic heterocycles. The van der Waals surface area contributed by atoms with Crippen LogP contribution in [0.15, 0.2) is 24.3 Å². The van der Waals surface area contributed by atoms with Gasteiger partial charge in [-0.05, 0) is 23.6 Å². The van der Waals surface area contributed by atoms with E-state index >= 15 is 0 Å². The van der Waals surface area contributed by atoms with Crippen LogP contribution >= 0.6 is 0 Å². The number of benzene rings is 1. The smallest absolute Gasteiger partial charge is 0.329 e. The molecule has 1 aromatic carbocycles. The zero-order valence-electron chi connectivity index (χ0n) is 16.8. The Morgan fingerprint density at radius 2 is 1.69 bits per heavy atom. The maximum absolute atomic E-state index is 12.7. The van der Waals surface area contributed by atoms with E-state index in [9.17, 15) is 22.8 Å². The summed E-state index contributed by atoms with van der Waals surface area (Å²) in [6.07, 6.45) is 0.990. The average molecular weight is 423 g/mol. The summed E-state index contributed by atoms with van der Waals surface area (Å²) in [7, 11) is -3.28. The van der Waals surface area contributed by atoms with E-state index in [4.69, 9.17) is 0 Å². The van der Waals surface area contributed by atoms with Crippen LogP contribution in [0.1, 0.15) is 31.7 Å². The molecule has 2 saturated heterocycles. The minimum absolute atomic E-state index is 0.149. The first-order chi connectivity index (χ1) is 13.6. The fourth-order valence-corrected chi connectivity index (χ4v) is 4.32. The lowest BCUT2D eigenvalue weighted by molar-refractivity contribution is -0.134. The minimum atomic E-state index is -3.28. The van der Waals surface area contributed by atoms with E-state index in [0.29, 0.717) is 11.6 Å². The van der Waals surface area contributed by atoms with Crippen molar-refractivity contribution in [1.82, 2.24) is 14.5 Å². The Hall–Kier alpha value is -2.46. The summed E-state index contributed by atoms with van der Waals surface area (Å²) >= 11 is 0. The standard InChI is InChI=1S/C19H26N4O5S/c1-13(2)14-4-6-15(7-5-14)23-18(25)16(20-19(23)26)12-17(24)21-8-10-22(11-9-21)29(3,27)28/h4-7,13,16H,8-12H2,1-3H3,(H,20,26)/t16-/m1/s1. The number of nitrogens with zero attached hydrogens (tertiary/aromatic N) is 3. The topological polar surface area (TPSA) is 107 Å². The lowest BCUT2D eigenvalue weighted by atomic mass is 10.0. The predicted molar refractivity (Wildman–Crippen MR) is 108 cm³/mol. The highest BCUT2D eigenvalue weighted by atomic mass is 32.2. The van der Waals surface area contributed by atoms with Crippen LogP contribution in [0.5, 0.6) is 0 Å². The van der Waals surface area contributed by atoms with E-state index in [1.807, 2.05) is 12.1 Å². The first kappa shape index (κ1) is 21.3. The van der Waals surface area contributed by atoms with Crippen molar-refractivity contribution in [2.45, 2.75) is 32.2 Å². The largest absolute Gasteiger partial charge is 0.340 e. The number of amides is 4. The number of nitrogens with one attached hydrogen (secondary N) is 1. The normalized spacial score (nSPS) is 21.0. The van der Waals surface area contributed by atoms with E-state index in [1.54, 1.807) is 12.1 Å². The van der Waals surface area contributed by atoms with Crippen molar-refractivity contribution >= 4 is 33.6 Å². The number of imide groups is 1. The molecule has 10 heteroatoms. The van der Waals surface area contributed by atoms with Crippen LogP contribution in [0, 0.1) is 0 Å². The first-order valence-electron chi connectivity index (χ1n) is 9.55. The van der Waals surface area contributed by atoms with Gasteiger partial charge in [0, 0.05) is 26.2 Å². The summed E-state index contributed by atoms with van der Waals surface area (Å²) in [6, 6.07) is 5.73. The van der Waals surface area contributed by atoms with E-state index < -0.39 is 28.0 Å². The number of urea groups is 1. The molecule has 29 heavy (non-hydrogen) atoms. The lowest BCUT2D eigenvalue weighted by Gasteiger charge is -2.33. The third-order valence-corrected chi connectivity index (χ3v) is 6.58. The van der Waals surface area contributed by atoms with Crippen LogP contribution in [0.2, 0.25) is 0 Å². The van der Waals surface area contributed by atoms with Gasteiger partial charge >= 0.3 is 6.03 Å². The summed E-state index contributed by atoms with van der Waals surface area (Å²) in [6.45, 7) is 5.09. The van der Waals surface area contributed by atoms with E-state index in [0.717, 1.165) is 16.7 Å². The number of hydrogen-bond acceptors (Lipinski definition) is 5. The first-order valence-corrected chi connectivity index (χ1v) is 11.4. The molecule has 0 unspecified atom stereocenters. The van der Waals surface area contributed by atoms with Crippen LogP contribution in [0.3, 0.4) is 0 Å². The van der Waals surface area contributed by atoms with Crippen molar-refractivity contribution < 1.29 is 22.8 Å². The number of rotatable bonds is 5. The van der Waals surface area contributed by atoms with Gasteiger partial charge in [-0.1, -0.05) is 26.0 Å². The minimum Gasteiger partial charge on any atom is -0.340 e. The molecule has 4 amide bonds. The van der Waals surface area contributed by atoms with Crippen molar-refractivity contribution in [2.24, 2.45) is 0 Å². The highest BCUT2D eigenvalue weighted by Crippen LogP contribution is 2.24. The molecule has 0 saturated carbocycles. The molecule has 2 fully saturated rings. The number of anilines is 1. The monoisotopic (exact) mass is 422 g/mol. The Balaban J connectivity index is 1.62. The summed E-state index contributed by atoms with van der Waals surface area (Å²) in [5.74, 6) is -0.412. The highest BCUT2D eigenvalue weighted by Gasteiger charge is 2.41. The van der Waals surface area contributed by atoms with Crippen LogP contribution in [-0.4, -0.2) is 73.9 Å². The Labute approximate surface area is 170 Å². The predicted octanol–water partition coefficient (Wildman–Crippen LogP) is 0.729. The van der Waals surface area contributed by atoms with Gasteiger partial charge in [-0.3, -0.25) is 9.59 Å². The molecule has 158 valence electrons. The van der Waals surface area contributed by atoms with Crippen LogP contribution in [-0.2, 0) is 19.6 Å². The average Bonchev–Trinajstić information content (AvgIpc) is 2.94. The second-order valence-corrected chi connectivity index (χ2v) is 9.65. The van der Waals surface area contributed by atoms with E-state index in [-0.39, 0.29) is 38.5 Å². The van der Waals surface area contributed by atoms with E-state index in [1.165, 1.54) is 9.21 Å². The van der Waals surface area contributed by atoms with Crippen LogP contribution in [0.25, 0.3) is 0 Å². The Bertz CT molecular complexity index is 905. The Kier molecular flexibility index (Phi) is 5.95. The van der Waals surface area contributed by atoms with Crippen LogP contribution in [0.4, 0.5) is 10.5 Å². The van der Waals surface area contributed by atoms with Crippen LogP contribution < -0.4 is 10.2 Å². The number of carbonyl (C=O) groups excluding carboxylic acids is 3. The lowest BCUT2D eigenvalue weighted by Crippen LogP contribution is -2.51. The summed E-state index contributed by atoms with van der Waals surface area (Å²) in [5, 5.41) is 2.58. The van der Waals surface area contributed by atoms with Crippen molar-refractivity contribution in [1.29, 1.82) is 0 Å². The molecule has 0 bridgehead atoms. The fourth-order valence-electron chi connectivity index (χ4n) is 3.50. The van der Waals surface area contributed by atoms with Crippen molar-refractivity contribution in [3.63, 3.8) is 0 Å². The molecule has 9 nitrogen and oxygen atoms in total. The second-order valence-electron chi connectivity index (χ2n) is 7.67. The van der Waals surface area contributed by atoms with Crippen molar-refractivity contribution in [2.75, 3.05) is 37.3 Å². The third kappa shape index (κ3) is 4.59. The SMILES string of the molecule is CC(C)c1ccc(N2C(=O)N[C@H](CC(=O)N3CCN(S(C)(=O)=O)CC3)C2=O)cc1. The zero-order valence-corrected chi connectivity index (χ0v) is 17.6. The number of piperazine rings is 1. The highest BCUT2D eigenvalue weighted by molar-refractivity contribution is 7.88. The molecule has 0 spiro atoms. The summed E-state index contributed by atoms with van der Waals surface area (Å²) in [4.78, 5) is 40.2. The quantitative estimate of drug-likeness (QED) is 0.704. The molecule has 1 atom stereocenters. The number of sulfonamides is 1. The molecule has 1 N–H and O–H groups in total. The molecular weight excluding hydrogens is 396 g/mol. The molecule has 1 aromatic rings. The summed E-state index contributed by atoms with van der Waals surface area (Å²) in [5.41, 5.74) is 1.56. The number of carbonyl (C=O) groups is 3. The van der Waals surface area contributed by atoms with Gasteiger partial charge in [0.15, 0.2) is 0 Å². The molecule has 2 aliphatic rings. The third-order valence-electron chi connectivity index (χ3n) is 5.28. The van der Waals surface area contributed by atoms with Crippen molar-refractivity contribution in [3.8, 4) is 0 Å². The van der Waals surface area contributed by atoms with Gasteiger partial charge in [-0.15, -0.1) is 0 Å². The van der Waals surface area contributed by atoms with Gasteiger partial charge in [0.2, 0.25) is 15.9 Å². The molecule has 0 aromatic heterocycles. The molecule has 0 radical (unpaired) electrons. The Morgan fingerprint density at radius 3 is 2.21 bits per heavy atom.